The van der Waals surface area contributed by atoms with Crippen molar-refractivity contribution in [2.75, 3.05) is 11.9 Å². The first-order chi connectivity index (χ1) is 9.97. The lowest BCUT2D eigenvalue weighted by Crippen LogP contribution is -2.22. The first kappa shape index (κ1) is 14.8. The number of furan rings is 1. The lowest BCUT2D eigenvalue weighted by molar-refractivity contribution is -0.119. The predicted octanol–water partition coefficient (Wildman–Crippen LogP) is 1.54. The van der Waals surface area contributed by atoms with Crippen LogP contribution < -0.4 is 11.1 Å². The van der Waals surface area contributed by atoms with E-state index < -0.39 is 24.4 Å². The molecule has 0 spiro atoms. The number of amides is 2. The zero-order chi connectivity index (χ0) is 15.4. The van der Waals surface area contributed by atoms with Crippen molar-refractivity contribution in [1.82, 2.24) is 0 Å². The number of primary amides is 1. The molecule has 7 nitrogen and oxygen atoms in total. The average Bonchev–Trinajstić information content (AvgIpc) is 3.05. The fourth-order valence-corrected chi connectivity index (χ4v) is 2.32. The molecule has 2 aromatic rings. The molecule has 0 aliphatic heterocycles. The number of thiophene rings is 1. The number of anilines is 1. The van der Waals surface area contributed by atoms with Gasteiger partial charge < -0.3 is 20.2 Å². The monoisotopic (exact) mass is 308 g/mol. The Balaban J connectivity index is 1.89. The van der Waals surface area contributed by atoms with E-state index in [0.29, 0.717) is 10.8 Å². The molecule has 110 valence electrons. The van der Waals surface area contributed by atoms with Gasteiger partial charge in [-0.05, 0) is 30.5 Å². The molecule has 0 aliphatic carbocycles. The van der Waals surface area contributed by atoms with Gasteiger partial charge in [-0.1, -0.05) is 0 Å². The van der Waals surface area contributed by atoms with Gasteiger partial charge in [0.25, 0.3) is 11.8 Å². The van der Waals surface area contributed by atoms with Crippen molar-refractivity contribution in [3.8, 4) is 0 Å². The molecule has 0 fully saturated rings. The van der Waals surface area contributed by atoms with E-state index in [1.165, 1.54) is 12.1 Å². The Labute approximate surface area is 123 Å². The number of nitrogens with two attached hydrogens (primary N) is 1. The third-order valence-corrected chi connectivity index (χ3v) is 3.29. The fourth-order valence-electron chi connectivity index (χ4n) is 1.51. The number of carbonyl (C=O) groups is 3. The first-order valence-electron chi connectivity index (χ1n) is 5.88. The van der Waals surface area contributed by atoms with Crippen molar-refractivity contribution < 1.29 is 23.5 Å². The van der Waals surface area contributed by atoms with Crippen LogP contribution >= 0.6 is 11.3 Å². The second kappa shape index (κ2) is 6.23. The lowest BCUT2D eigenvalue weighted by atomic mass is 10.3. The number of rotatable bonds is 5. The Morgan fingerprint density at radius 3 is 2.71 bits per heavy atom. The quantitative estimate of drug-likeness (QED) is 0.814. The molecule has 0 atom stereocenters. The van der Waals surface area contributed by atoms with Crippen LogP contribution in [0.4, 0.5) is 5.00 Å². The minimum atomic E-state index is -0.737. The number of hydrogen-bond acceptors (Lipinski definition) is 6. The Morgan fingerprint density at radius 1 is 1.33 bits per heavy atom. The predicted molar refractivity (Wildman–Crippen MR) is 75.2 cm³/mol. The maximum absolute atomic E-state index is 11.7. The van der Waals surface area contributed by atoms with E-state index in [2.05, 4.69) is 5.32 Å². The summed E-state index contributed by atoms with van der Waals surface area (Å²) in [7, 11) is 0. The molecule has 0 bridgehead atoms. The summed E-state index contributed by atoms with van der Waals surface area (Å²) in [6, 6.07) is 4.57. The normalized spacial score (nSPS) is 10.1. The summed E-state index contributed by atoms with van der Waals surface area (Å²) >= 11 is 1.15. The zero-order valence-electron chi connectivity index (χ0n) is 11.0. The highest BCUT2D eigenvalue weighted by Crippen LogP contribution is 2.22. The highest BCUT2D eigenvalue weighted by atomic mass is 32.1. The standard InChI is InChI=1S/C13H12N2O5S/c1-7-2-3-9(20-7)13(18)19-6-10(16)15-12-8(11(14)17)4-5-21-12/h2-5H,6H2,1H3,(H2,14,17)(H,15,16). The van der Waals surface area contributed by atoms with Gasteiger partial charge in [0.05, 0.1) is 5.56 Å². The minimum Gasteiger partial charge on any atom is -0.454 e. The van der Waals surface area contributed by atoms with Crippen LogP contribution in [0, 0.1) is 6.92 Å². The Hall–Kier alpha value is -2.61. The van der Waals surface area contributed by atoms with Crippen LogP contribution in [0.3, 0.4) is 0 Å². The molecular formula is C13H12N2O5S. The van der Waals surface area contributed by atoms with E-state index >= 15 is 0 Å². The van der Waals surface area contributed by atoms with Crippen LogP contribution in [-0.4, -0.2) is 24.4 Å². The molecule has 0 radical (unpaired) electrons. The number of esters is 1. The van der Waals surface area contributed by atoms with E-state index in [9.17, 15) is 14.4 Å². The maximum Gasteiger partial charge on any atom is 0.374 e. The summed E-state index contributed by atoms with van der Waals surface area (Å²) in [5, 5.41) is 4.39. The van der Waals surface area contributed by atoms with Gasteiger partial charge in [0.1, 0.15) is 10.8 Å². The molecular weight excluding hydrogens is 296 g/mol. The summed E-state index contributed by atoms with van der Waals surface area (Å²) in [5.41, 5.74) is 5.36. The van der Waals surface area contributed by atoms with Gasteiger partial charge in [-0.25, -0.2) is 4.79 Å². The Bertz CT molecular complexity index is 688. The molecule has 21 heavy (non-hydrogen) atoms. The van der Waals surface area contributed by atoms with E-state index in [4.69, 9.17) is 14.9 Å². The second-order valence-electron chi connectivity index (χ2n) is 4.06. The van der Waals surface area contributed by atoms with Crippen LogP contribution in [0.5, 0.6) is 0 Å². The maximum atomic E-state index is 11.7. The van der Waals surface area contributed by atoms with Gasteiger partial charge in [0, 0.05) is 0 Å². The minimum absolute atomic E-state index is 0.0225. The molecule has 0 aromatic carbocycles. The third-order valence-electron chi connectivity index (χ3n) is 2.46. The molecule has 2 rings (SSSR count). The van der Waals surface area contributed by atoms with E-state index in [1.54, 1.807) is 18.4 Å². The lowest BCUT2D eigenvalue weighted by Gasteiger charge is -2.05. The average molecular weight is 308 g/mol. The van der Waals surface area contributed by atoms with E-state index in [-0.39, 0.29) is 11.3 Å². The smallest absolute Gasteiger partial charge is 0.374 e. The van der Waals surface area contributed by atoms with Crippen LogP contribution in [0.25, 0.3) is 0 Å². The van der Waals surface area contributed by atoms with Gasteiger partial charge in [-0.2, -0.15) is 0 Å². The molecule has 3 N–H and O–H groups in total. The Morgan fingerprint density at radius 2 is 2.10 bits per heavy atom. The molecule has 2 aromatic heterocycles. The summed E-state index contributed by atoms with van der Waals surface area (Å²) in [5.74, 6) is -1.36. The van der Waals surface area contributed by atoms with E-state index in [1.807, 2.05) is 0 Å². The first-order valence-corrected chi connectivity index (χ1v) is 6.76. The number of aryl methyl sites for hydroxylation is 1. The van der Waals surface area contributed by atoms with Crippen molar-refractivity contribution in [3.63, 3.8) is 0 Å². The van der Waals surface area contributed by atoms with Gasteiger partial charge in [0.2, 0.25) is 5.76 Å². The molecule has 0 saturated carbocycles. The topological polar surface area (TPSA) is 112 Å². The zero-order valence-corrected chi connectivity index (χ0v) is 11.9. The van der Waals surface area contributed by atoms with Crippen LogP contribution in [0.15, 0.2) is 28.0 Å². The van der Waals surface area contributed by atoms with Crippen molar-refractivity contribution in [2.24, 2.45) is 5.73 Å². The van der Waals surface area contributed by atoms with Gasteiger partial charge >= 0.3 is 5.97 Å². The van der Waals surface area contributed by atoms with Crippen LogP contribution in [0.1, 0.15) is 26.7 Å². The van der Waals surface area contributed by atoms with Crippen LogP contribution in [-0.2, 0) is 9.53 Å². The van der Waals surface area contributed by atoms with Crippen molar-refractivity contribution in [1.29, 1.82) is 0 Å². The summed E-state index contributed by atoms with van der Waals surface area (Å²) in [6.07, 6.45) is 0. The molecule has 8 heteroatoms. The third kappa shape index (κ3) is 3.69. The van der Waals surface area contributed by atoms with Crippen LogP contribution in [0.2, 0.25) is 0 Å². The van der Waals surface area contributed by atoms with E-state index in [0.717, 1.165) is 11.3 Å². The molecule has 2 amide bonds. The van der Waals surface area contributed by atoms with Crippen molar-refractivity contribution >= 4 is 34.1 Å². The number of hydrogen-bond donors (Lipinski definition) is 2. The van der Waals surface area contributed by atoms with Gasteiger partial charge in [-0.15, -0.1) is 11.3 Å². The number of ether oxygens (including phenoxy) is 1. The second-order valence-corrected chi connectivity index (χ2v) is 4.98. The highest BCUT2D eigenvalue weighted by molar-refractivity contribution is 7.14. The molecule has 0 aliphatic rings. The SMILES string of the molecule is Cc1ccc(C(=O)OCC(=O)Nc2sccc2C(N)=O)o1. The number of nitrogens with one attached hydrogen (secondary N) is 1. The molecule has 2 heterocycles. The van der Waals surface area contributed by atoms with Gasteiger partial charge in [-0.3, -0.25) is 9.59 Å². The molecule has 0 unspecified atom stereocenters. The largest absolute Gasteiger partial charge is 0.454 e. The van der Waals surface area contributed by atoms with Gasteiger partial charge in [0.15, 0.2) is 6.61 Å². The Kier molecular flexibility index (Phi) is 4.39. The van der Waals surface area contributed by atoms with Crippen molar-refractivity contribution in [2.45, 2.75) is 6.92 Å². The summed E-state index contributed by atoms with van der Waals surface area (Å²) in [6.45, 7) is 1.19. The highest BCUT2D eigenvalue weighted by Gasteiger charge is 2.16. The van der Waals surface area contributed by atoms with Crippen molar-refractivity contribution in [3.05, 3.63) is 40.7 Å². The summed E-state index contributed by atoms with van der Waals surface area (Å²) < 4.78 is 9.86. The number of carbonyl (C=O) groups excluding carboxylic acids is 3. The molecule has 0 saturated heterocycles. The summed E-state index contributed by atoms with van der Waals surface area (Å²) in [4.78, 5) is 34.3. The fraction of sp³-hybridized carbons (Fsp3) is 0.154.